The highest BCUT2D eigenvalue weighted by atomic mass is 32.2. The molecule has 3 rings (SSSR count). The third-order valence-corrected chi connectivity index (χ3v) is 5.14. The number of aryl methyl sites for hydroxylation is 2. The number of hydrogen-bond donors (Lipinski definition) is 0. The van der Waals surface area contributed by atoms with Gasteiger partial charge in [0.05, 0.1) is 22.4 Å². The van der Waals surface area contributed by atoms with Gasteiger partial charge in [-0.15, -0.1) is 0 Å². The zero-order chi connectivity index (χ0) is 16.6. The lowest BCUT2D eigenvalue weighted by Crippen LogP contribution is -2.24. The molecule has 2 aromatic rings. The minimum Gasteiger partial charge on any atom is -0.312 e. The summed E-state index contributed by atoms with van der Waals surface area (Å²) in [5.74, 6) is 1.02. The first-order chi connectivity index (χ1) is 10.9. The van der Waals surface area contributed by atoms with E-state index < -0.39 is 0 Å². The summed E-state index contributed by atoms with van der Waals surface area (Å²) >= 11 is 1.29. The van der Waals surface area contributed by atoms with Gasteiger partial charge in [0, 0.05) is 31.3 Å². The average Bonchev–Trinajstić information content (AvgIpc) is 2.87. The summed E-state index contributed by atoms with van der Waals surface area (Å²) in [4.78, 5) is 34.2. The number of rotatable bonds is 3. The van der Waals surface area contributed by atoms with Crippen molar-refractivity contribution in [3.8, 4) is 0 Å². The van der Waals surface area contributed by atoms with Crippen LogP contribution >= 0.6 is 11.8 Å². The van der Waals surface area contributed by atoms with Gasteiger partial charge in [0.1, 0.15) is 0 Å². The van der Waals surface area contributed by atoms with Gasteiger partial charge in [-0.2, -0.15) is 0 Å². The van der Waals surface area contributed by atoms with Gasteiger partial charge in [0.15, 0.2) is 5.12 Å². The van der Waals surface area contributed by atoms with Crippen molar-refractivity contribution in [2.75, 3.05) is 17.2 Å². The number of carbonyl (C=O) groups is 2. The molecule has 0 aliphatic carbocycles. The Morgan fingerprint density at radius 1 is 1.26 bits per heavy atom. The van der Waals surface area contributed by atoms with E-state index in [9.17, 15) is 9.59 Å². The van der Waals surface area contributed by atoms with Gasteiger partial charge in [-0.1, -0.05) is 11.8 Å². The molecule has 0 spiro atoms. The summed E-state index contributed by atoms with van der Waals surface area (Å²) < 4.78 is 0. The van der Waals surface area contributed by atoms with Crippen LogP contribution in [0.1, 0.15) is 24.7 Å². The molecule has 1 atom stereocenters. The maximum atomic E-state index is 12.3. The van der Waals surface area contributed by atoms with Gasteiger partial charge in [0.2, 0.25) is 5.91 Å². The minimum absolute atomic E-state index is 0.0997. The third-order valence-electron chi connectivity index (χ3n) is 4.10. The Hall–Kier alpha value is -1.95. The summed E-state index contributed by atoms with van der Waals surface area (Å²) in [5, 5.41) is 0.0997. The number of hydrogen-bond acceptors (Lipinski definition) is 5. The average molecular weight is 329 g/mol. The van der Waals surface area contributed by atoms with E-state index in [1.807, 2.05) is 32.0 Å². The van der Waals surface area contributed by atoms with Gasteiger partial charge in [0.25, 0.3) is 0 Å². The summed E-state index contributed by atoms with van der Waals surface area (Å²) in [6.45, 7) is 6.09. The molecule has 5 nitrogen and oxygen atoms in total. The van der Waals surface area contributed by atoms with E-state index in [2.05, 4.69) is 9.97 Å². The van der Waals surface area contributed by atoms with Crippen LogP contribution in [0, 0.1) is 19.8 Å². The Labute approximate surface area is 139 Å². The number of fused-ring (bicyclic) bond motifs is 1. The number of anilines is 1. The van der Waals surface area contributed by atoms with Crippen molar-refractivity contribution in [1.29, 1.82) is 0 Å². The maximum Gasteiger partial charge on any atom is 0.227 e. The quantitative estimate of drug-likeness (QED) is 0.866. The third kappa shape index (κ3) is 3.37. The molecule has 120 valence electrons. The van der Waals surface area contributed by atoms with Crippen LogP contribution in [0.2, 0.25) is 0 Å². The second-order valence-corrected chi connectivity index (χ2v) is 7.14. The standard InChI is InChI=1S/C17H19N3O2S/c1-10-11(2)19-16-7-14(4-5-15(16)18-10)20-8-13(6-17(20)22)9-23-12(3)21/h4-5,7,13H,6,8-9H2,1-3H3. The van der Waals surface area contributed by atoms with Gasteiger partial charge in [-0.3, -0.25) is 9.59 Å². The van der Waals surface area contributed by atoms with Crippen molar-refractivity contribution in [2.24, 2.45) is 5.92 Å². The topological polar surface area (TPSA) is 63.2 Å². The molecule has 23 heavy (non-hydrogen) atoms. The number of aromatic nitrogens is 2. The van der Waals surface area contributed by atoms with E-state index in [1.54, 1.807) is 11.8 Å². The fourth-order valence-corrected chi connectivity index (χ4v) is 3.46. The molecular weight excluding hydrogens is 310 g/mol. The fourth-order valence-electron chi connectivity index (χ4n) is 2.76. The van der Waals surface area contributed by atoms with Gasteiger partial charge in [-0.05, 0) is 38.0 Å². The molecule has 1 aromatic heterocycles. The first-order valence-corrected chi connectivity index (χ1v) is 8.61. The molecule has 1 saturated heterocycles. The van der Waals surface area contributed by atoms with Gasteiger partial charge in [-0.25, -0.2) is 9.97 Å². The van der Waals surface area contributed by atoms with E-state index in [-0.39, 0.29) is 16.9 Å². The highest BCUT2D eigenvalue weighted by Crippen LogP contribution is 2.29. The molecule has 0 bridgehead atoms. The van der Waals surface area contributed by atoms with Crippen LogP contribution in [-0.2, 0) is 9.59 Å². The van der Waals surface area contributed by atoms with Crippen molar-refractivity contribution in [3.63, 3.8) is 0 Å². The smallest absolute Gasteiger partial charge is 0.227 e. The molecule has 1 unspecified atom stereocenters. The lowest BCUT2D eigenvalue weighted by atomic mass is 10.1. The fraction of sp³-hybridized carbons (Fsp3) is 0.412. The summed E-state index contributed by atoms with van der Waals surface area (Å²) in [6, 6.07) is 5.76. The molecule has 0 radical (unpaired) electrons. The molecule has 1 amide bonds. The van der Waals surface area contributed by atoms with Gasteiger partial charge < -0.3 is 4.90 Å². The number of carbonyl (C=O) groups excluding carboxylic acids is 2. The predicted molar refractivity (Wildman–Crippen MR) is 92.6 cm³/mol. The Morgan fingerprint density at radius 3 is 2.65 bits per heavy atom. The second kappa shape index (κ2) is 6.28. The van der Waals surface area contributed by atoms with E-state index in [0.717, 1.165) is 28.1 Å². The molecule has 2 heterocycles. The van der Waals surface area contributed by atoms with Crippen LogP contribution in [0.15, 0.2) is 18.2 Å². The van der Waals surface area contributed by atoms with Crippen molar-refractivity contribution < 1.29 is 9.59 Å². The van der Waals surface area contributed by atoms with Crippen LogP contribution in [0.5, 0.6) is 0 Å². The van der Waals surface area contributed by atoms with Crippen molar-refractivity contribution in [3.05, 3.63) is 29.6 Å². The molecule has 6 heteroatoms. The Morgan fingerprint density at radius 2 is 1.96 bits per heavy atom. The maximum absolute atomic E-state index is 12.3. The van der Waals surface area contributed by atoms with Crippen LogP contribution in [-0.4, -0.2) is 33.3 Å². The van der Waals surface area contributed by atoms with Crippen molar-refractivity contribution >= 4 is 39.5 Å². The molecule has 0 N–H and O–H groups in total. The van der Waals surface area contributed by atoms with Crippen LogP contribution in [0.4, 0.5) is 5.69 Å². The van der Waals surface area contributed by atoms with E-state index in [1.165, 1.54) is 11.8 Å². The van der Waals surface area contributed by atoms with Crippen molar-refractivity contribution in [1.82, 2.24) is 9.97 Å². The Kier molecular flexibility index (Phi) is 4.35. The molecular formula is C17H19N3O2S. The van der Waals surface area contributed by atoms with Crippen molar-refractivity contribution in [2.45, 2.75) is 27.2 Å². The molecule has 1 aliphatic rings. The zero-order valence-electron chi connectivity index (χ0n) is 13.5. The molecule has 1 fully saturated rings. The predicted octanol–water partition coefficient (Wildman–Crippen LogP) is 2.88. The van der Waals surface area contributed by atoms with E-state index in [0.29, 0.717) is 18.7 Å². The zero-order valence-corrected chi connectivity index (χ0v) is 14.3. The number of thioether (sulfide) groups is 1. The first kappa shape index (κ1) is 15.9. The highest BCUT2D eigenvalue weighted by Gasteiger charge is 2.30. The van der Waals surface area contributed by atoms with Gasteiger partial charge >= 0.3 is 0 Å². The molecule has 1 aromatic carbocycles. The monoisotopic (exact) mass is 329 g/mol. The van der Waals surface area contributed by atoms with E-state index in [4.69, 9.17) is 0 Å². The molecule has 0 saturated carbocycles. The first-order valence-electron chi connectivity index (χ1n) is 7.63. The molecule has 1 aliphatic heterocycles. The minimum atomic E-state index is 0.0997. The Balaban J connectivity index is 1.84. The highest BCUT2D eigenvalue weighted by molar-refractivity contribution is 8.13. The van der Waals surface area contributed by atoms with Crippen LogP contribution in [0.25, 0.3) is 11.0 Å². The SMILES string of the molecule is CC(=O)SCC1CC(=O)N(c2ccc3nc(C)c(C)nc3c2)C1. The largest absolute Gasteiger partial charge is 0.312 e. The second-order valence-electron chi connectivity index (χ2n) is 5.94. The summed E-state index contributed by atoms with van der Waals surface area (Å²) in [7, 11) is 0. The lowest BCUT2D eigenvalue weighted by Gasteiger charge is -2.17. The van der Waals surface area contributed by atoms with Crippen LogP contribution < -0.4 is 4.90 Å². The van der Waals surface area contributed by atoms with Crippen LogP contribution in [0.3, 0.4) is 0 Å². The lowest BCUT2D eigenvalue weighted by molar-refractivity contribution is -0.117. The normalized spacial score (nSPS) is 18.0. The Bertz CT molecular complexity index is 791. The summed E-state index contributed by atoms with van der Waals surface area (Å²) in [6.07, 6.45) is 0.497. The number of benzene rings is 1. The number of nitrogens with zero attached hydrogens (tertiary/aromatic N) is 3. The van der Waals surface area contributed by atoms with E-state index >= 15 is 0 Å². The summed E-state index contributed by atoms with van der Waals surface area (Å²) in [5.41, 5.74) is 4.32. The number of amides is 1.